The minimum Gasteiger partial charge on any atom is -0.334 e. The van der Waals surface area contributed by atoms with Gasteiger partial charge in [0.1, 0.15) is 10.7 Å². The third kappa shape index (κ3) is 3.10. The number of hydrogen-bond acceptors (Lipinski definition) is 3. The van der Waals surface area contributed by atoms with Gasteiger partial charge in [0.25, 0.3) is 5.91 Å². The van der Waals surface area contributed by atoms with Crippen LogP contribution in [-0.2, 0) is 0 Å². The number of amides is 1. The van der Waals surface area contributed by atoms with Crippen LogP contribution in [0, 0.1) is 11.3 Å². The van der Waals surface area contributed by atoms with E-state index in [4.69, 9.17) is 11.6 Å². The van der Waals surface area contributed by atoms with Crippen molar-refractivity contribution in [1.29, 1.82) is 5.26 Å². The maximum absolute atomic E-state index is 12.3. The maximum atomic E-state index is 12.3. The van der Waals surface area contributed by atoms with Gasteiger partial charge in [0.15, 0.2) is 0 Å². The molecule has 1 N–H and O–H groups in total. The second-order valence-corrected chi connectivity index (χ2v) is 6.00. The van der Waals surface area contributed by atoms with Gasteiger partial charge in [0, 0.05) is 11.3 Å². The van der Waals surface area contributed by atoms with E-state index < -0.39 is 5.54 Å². The van der Waals surface area contributed by atoms with Crippen molar-refractivity contribution in [2.45, 2.75) is 51.0 Å². The predicted molar refractivity (Wildman–Crippen MR) is 77.6 cm³/mol. The van der Waals surface area contributed by atoms with E-state index in [1.807, 2.05) is 13.8 Å². The number of nitrogens with zero attached hydrogens (tertiary/aromatic N) is 2. The van der Waals surface area contributed by atoms with E-state index in [2.05, 4.69) is 16.4 Å². The second kappa shape index (κ2) is 5.80. The van der Waals surface area contributed by atoms with E-state index in [1.54, 1.807) is 12.1 Å². The Morgan fingerprint density at radius 1 is 1.45 bits per heavy atom. The summed E-state index contributed by atoms with van der Waals surface area (Å²) in [6.07, 6.45) is 3.38. The molecule has 1 aromatic heterocycles. The monoisotopic (exact) mass is 291 g/mol. The van der Waals surface area contributed by atoms with E-state index in [-0.39, 0.29) is 11.8 Å². The second-order valence-electron chi connectivity index (χ2n) is 5.61. The molecule has 0 spiro atoms. The summed E-state index contributed by atoms with van der Waals surface area (Å²) in [5.74, 6) is -0.0590. The van der Waals surface area contributed by atoms with Crippen molar-refractivity contribution in [2.24, 2.45) is 0 Å². The summed E-state index contributed by atoms with van der Waals surface area (Å²) < 4.78 is 0. The standard InChI is InChI=1S/C15H18ClN3O/c1-10(2)12-7-11(8-13(16)18-12)14(20)19-15(9-17)5-3-4-6-15/h7-8,10H,3-6H2,1-2H3,(H,19,20). The van der Waals surface area contributed by atoms with Crippen molar-refractivity contribution in [3.05, 3.63) is 28.5 Å². The molecule has 0 bridgehead atoms. The average molecular weight is 292 g/mol. The molecular formula is C15H18ClN3O. The molecule has 5 heteroatoms. The Labute approximate surface area is 124 Å². The number of rotatable bonds is 3. The highest BCUT2D eigenvalue weighted by molar-refractivity contribution is 6.29. The highest BCUT2D eigenvalue weighted by atomic mass is 35.5. The molecule has 0 radical (unpaired) electrons. The molecule has 0 unspecified atom stereocenters. The van der Waals surface area contributed by atoms with Gasteiger partial charge in [-0.2, -0.15) is 5.26 Å². The van der Waals surface area contributed by atoms with Gasteiger partial charge in [-0.05, 0) is 43.7 Å². The first kappa shape index (κ1) is 14.8. The van der Waals surface area contributed by atoms with E-state index in [9.17, 15) is 10.1 Å². The van der Waals surface area contributed by atoms with Crippen LogP contribution in [0.5, 0.6) is 0 Å². The molecular weight excluding hydrogens is 274 g/mol. The molecule has 20 heavy (non-hydrogen) atoms. The van der Waals surface area contributed by atoms with Crippen LogP contribution in [0.25, 0.3) is 0 Å². The zero-order chi connectivity index (χ0) is 14.8. The molecule has 0 aliphatic heterocycles. The van der Waals surface area contributed by atoms with Crippen molar-refractivity contribution >= 4 is 17.5 Å². The van der Waals surface area contributed by atoms with Gasteiger partial charge in [-0.15, -0.1) is 0 Å². The number of aromatic nitrogens is 1. The average Bonchev–Trinajstić information content (AvgIpc) is 2.87. The highest BCUT2D eigenvalue weighted by Crippen LogP contribution is 2.29. The number of nitriles is 1. The predicted octanol–water partition coefficient (Wildman–Crippen LogP) is 3.42. The van der Waals surface area contributed by atoms with Gasteiger partial charge in [-0.25, -0.2) is 4.98 Å². The molecule has 1 aliphatic rings. The van der Waals surface area contributed by atoms with Gasteiger partial charge < -0.3 is 5.32 Å². The van der Waals surface area contributed by atoms with Crippen LogP contribution in [0.1, 0.15) is 61.5 Å². The van der Waals surface area contributed by atoms with Crippen molar-refractivity contribution in [1.82, 2.24) is 10.3 Å². The molecule has 0 aromatic carbocycles. The van der Waals surface area contributed by atoms with Crippen LogP contribution < -0.4 is 5.32 Å². The zero-order valence-corrected chi connectivity index (χ0v) is 12.5. The summed E-state index contributed by atoms with van der Waals surface area (Å²) in [4.78, 5) is 16.5. The third-order valence-corrected chi connectivity index (χ3v) is 3.89. The van der Waals surface area contributed by atoms with Crippen LogP contribution >= 0.6 is 11.6 Å². The number of halogens is 1. The Morgan fingerprint density at radius 2 is 2.10 bits per heavy atom. The fraction of sp³-hybridized carbons (Fsp3) is 0.533. The van der Waals surface area contributed by atoms with Crippen molar-refractivity contribution in [2.75, 3.05) is 0 Å². The molecule has 1 amide bonds. The molecule has 4 nitrogen and oxygen atoms in total. The number of carbonyl (C=O) groups is 1. The van der Waals surface area contributed by atoms with Crippen LogP contribution in [0.3, 0.4) is 0 Å². The lowest BCUT2D eigenvalue weighted by atomic mass is 9.99. The number of carbonyl (C=O) groups excluding carboxylic acids is 1. The topological polar surface area (TPSA) is 65.8 Å². The first-order valence-electron chi connectivity index (χ1n) is 6.87. The van der Waals surface area contributed by atoms with Gasteiger partial charge in [-0.3, -0.25) is 4.79 Å². The van der Waals surface area contributed by atoms with Gasteiger partial charge in [-0.1, -0.05) is 25.4 Å². The molecule has 0 atom stereocenters. The summed E-state index contributed by atoms with van der Waals surface area (Å²) >= 11 is 5.97. The molecule has 1 saturated carbocycles. The summed E-state index contributed by atoms with van der Waals surface area (Å²) in [5.41, 5.74) is 0.528. The quantitative estimate of drug-likeness (QED) is 0.868. The largest absolute Gasteiger partial charge is 0.334 e. The third-order valence-electron chi connectivity index (χ3n) is 3.69. The zero-order valence-electron chi connectivity index (χ0n) is 11.7. The van der Waals surface area contributed by atoms with Gasteiger partial charge in [0.2, 0.25) is 0 Å². The first-order valence-corrected chi connectivity index (χ1v) is 7.25. The maximum Gasteiger partial charge on any atom is 0.252 e. The van der Waals surface area contributed by atoms with Crippen LogP contribution in [-0.4, -0.2) is 16.4 Å². The first-order chi connectivity index (χ1) is 9.46. The van der Waals surface area contributed by atoms with E-state index >= 15 is 0 Å². The van der Waals surface area contributed by atoms with Gasteiger partial charge >= 0.3 is 0 Å². The lowest BCUT2D eigenvalue weighted by Gasteiger charge is -2.22. The van der Waals surface area contributed by atoms with E-state index in [0.717, 1.165) is 18.5 Å². The molecule has 0 saturated heterocycles. The Kier molecular flexibility index (Phi) is 4.29. The lowest BCUT2D eigenvalue weighted by Crippen LogP contribution is -2.45. The lowest BCUT2D eigenvalue weighted by molar-refractivity contribution is 0.0920. The molecule has 1 aliphatic carbocycles. The fourth-order valence-corrected chi connectivity index (χ4v) is 2.69. The Balaban J connectivity index is 2.23. The Hall–Kier alpha value is -1.60. The van der Waals surface area contributed by atoms with Gasteiger partial charge in [0.05, 0.1) is 6.07 Å². The molecule has 2 rings (SSSR count). The molecule has 106 valence electrons. The normalized spacial score (nSPS) is 16.9. The number of hydrogen-bond donors (Lipinski definition) is 1. The van der Waals surface area contributed by atoms with E-state index in [0.29, 0.717) is 23.6 Å². The minimum absolute atomic E-state index is 0.191. The van der Waals surface area contributed by atoms with Crippen LogP contribution in [0.15, 0.2) is 12.1 Å². The van der Waals surface area contributed by atoms with Crippen molar-refractivity contribution < 1.29 is 4.79 Å². The molecule has 1 heterocycles. The molecule has 1 aromatic rings. The Morgan fingerprint density at radius 3 is 2.65 bits per heavy atom. The SMILES string of the molecule is CC(C)c1cc(C(=O)NC2(C#N)CCCC2)cc(Cl)n1. The summed E-state index contributed by atoms with van der Waals surface area (Å²) in [7, 11) is 0. The minimum atomic E-state index is -0.717. The molecule has 1 fully saturated rings. The van der Waals surface area contributed by atoms with Crippen LogP contribution in [0.2, 0.25) is 5.15 Å². The summed E-state index contributed by atoms with van der Waals surface area (Å²) in [6, 6.07) is 5.54. The van der Waals surface area contributed by atoms with Crippen LogP contribution in [0.4, 0.5) is 0 Å². The highest BCUT2D eigenvalue weighted by Gasteiger charge is 2.35. The fourth-order valence-electron chi connectivity index (χ4n) is 2.48. The van der Waals surface area contributed by atoms with E-state index in [1.165, 1.54) is 0 Å². The summed E-state index contributed by atoms with van der Waals surface area (Å²) in [6.45, 7) is 3.99. The van der Waals surface area contributed by atoms with Crippen molar-refractivity contribution in [3.8, 4) is 6.07 Å². The number of pyridine rings is 1. The Bertz CT molecular complexity index is 557. The number of nitrogens with one attached hydrogen (secondary N) is 1. The summed E-state index contributed by atoms with van der Waals surface area (Å²) in [5, 5.41) is 12.5. The smallest absolute Gasteiger partial charge is 0.252 e. The van der Waals surface area contributed by atoms with Crippen molar-refractivity contribution in [3.63, 3.8) is 0 Å².